The van der Waals surface area contributed by atoms with Crippen molar-refractivity contribution in [2.75, 3.05) is 11.1 Å². The maximum Gasteiger partial charge on any atom is 0.292 e. The van der Waals surface area contributed by atoms with Crippen molar-refractivity contribution in [2.24, 2.45) is 0 Å². The highest BCUT2D eigenvalue weighted by Gasteiger charge is 2.11. The van der Waals surface area contributed by atoms with Crippen molar-refractivity contribution in [3.05, 3.63) is 56.5 Å². The number of nitro groups is 1. The Morgan fingerprint density at radius 2 is 2.00 bits per heavy atom. The van der Waals surface area contributed by atoms with Crippen LogP contribution in [0.15, 0.2) is 40.9 Å². The molecular weight excluding hydrogens is 310 g/mol. The molecule has 5 nitrogen and oxygen atoms in total. The molecule has 0 saturated heterocycles. The molecule has 0 unspecified atom stereocenters. The van der Waals surface area contributed by atoms with E-state index < -0.39 is 4.92 Å². The molecule has 0 aromatic heterocycles. The van der Waals surface area contributed by atoms with Crippen molar-refractivity contribution < 1.29 is 4.92 Å². The van der Waals surface area contributed by atoms with Crippen LogP contribution < -0.4 is 11.1 Å². The van der Waals surface area contributed by atoms with E-state index in [1.807, 2.05) is 25.1 Å². The van der Waals surface area contributed by atoms with Crippen molar-refractivity contribution in [1.29, 1.82) is 0 Å². The highest BCUT2D eigenvalue weighted by Crippen LogP contribution is 2.30. The van der Waals surface area contributed by atoms with E-state index in [-0.39, 0.29) is 11.4 Å². The smallest absolute Gasteiger partial charge is 0.292 e. The zero-order valence-electron chi connectivity index (χ0n) is 10.2. The molecule has 0 fully saturated rings. The average molecular weight is 322 g/mol. The van der Waals surface area contributed by atoms with Gasteiger partial charge in [0.15, 0.2) is 0 Å². The van der Waals surface area contributed by atoms with Crippen LogP contribution in [0.2, 0.25) is 0 Å². The zero-order valence-corrected chi connectivity index (χ0v) is 11.8. The van der Waals surface area contributed by atoms with Gasteiger partial charge >= 0.3 is 0 Å². The maximum absolute atomic E-state index is 10.7. The first kappa shape index (κ1) is 13.4. The molecule has 0 atom stereocenters. The summed E-state index contributed by atoms with van der Waals surface area (Å²) >= 11 is 3.44. The molecule has 98 valence electrons. The molecule has 6 heteroatoms. The van der Waals surface area contributed by atoms with Crippen LogP contribution in [-0.2, 0) is 0 Å². The van der Waals surface area contributed by atoms with Crippen LogP contribution in [-0.4, -0.2) is 4.92 Å². The Bertz CT molecular complexity index is 644. The van der Waals surface area contributed by atoms with Crippen molar-refractivity contribution >= 4 is 38.7 Å². The van der Waals surface area contributed by atoms with E-state index in [1.165, 1.54) is 6.07 Å². The number of nitrogens with one attached hydrogen (secondary N) is 1. The molecule has 0 bridgehead atoms. The van der Waals surface area contributed by atoms with Crippen molar-refractivity contribution in [1.82, 2.24) is 0 Å². The van der Waals surface area contributed by atoms with E-state index in [2.05, 4.69) is 21.2 Å². The monoisotopic (exact) mass is 321 g/mol. The van der Waals surface area contributed by atoms with Gasteiger partial charge in [-0.3, -0.25) is 10.1 Å². The van der Waals surface area contributed by atoms with Gasteiger partial charge in [0, 0.05) is 16.2 Å². The summed E-state index contributed by atoms with van der Waals surface area (Å²) in [4.78, 5) is 10.2. The highest BCUT2D eigenvalue weighted by molar-refractivity contribution is 9.10. The van der Waals surface area contributed by atoms with Gasteiger partial charge in [-0.2, -0.15) is 0 Å². The van der Waals surface area contributed by atoms with E-state index in [0.29, 0.717) is 5.69 Å². The lowest BCUT2D eigenvalue weighted by molar-refractivity contribution is -0.383. The summed E-state index contributed by atoms with van der Waals surface area (Å²) in [7, 11) is 0. The number of nitrogens with two attached hydrogens (primary N) is 1. The van der Waals surface area contributed by atoms with E-state index in [4.69, 9.17) is 5.73 Å². The molecule has 0 spiro atoms. The number of nitro benzene ring substituents is 1. The van der Waals surface area contributed by atoms with Crippen molar-refractivity contribution in [2.45, 2.75) is 6.92 Å². The van der Waals surface area contributed by atoms with E-state index in [0.717, 1.165) is 15.7 Å². The fourth-order valence-electron chi connectivity index (χ4n) is 1.69. The third kappa shape index (κ3) is 3.03. The number of aryl methyl sites for hydroxylation is 1. The largest absolute Gasteiger partial charge is 0.393 e. The molecule has 2 aromatic carbocycles. The topological polar surface area (TPSA) is 81.2 Å². The first-order valence-electron chi connectivity index (χ1n) is 5.54. The predicted octanol–water partition coefficient (Wildman–Crippen LogP) is 3.99. The highest BCUT2D eigenvalue weighted by atomic mass is 79.9. The first-order chi connectivity index (χ1) is 8.97. The van der Waals surface area contributed by atoms with Gasteiger partial charge in [0.1, 0.15) is 5.69 Å². The third-order valence-corrected chi connectivity index (χ3v) is 3.32. The van der Waals surface area contributed by atoms with Gasteiger partial charge in [-0.1, -0.05) is 6.07 Å². The number of nitrogens with zero attached hydrogens (tertiary/aromatic N) is 1. The number of hydrogen-bond acceptors (Lipinski definition) is 4. The Hall–Kier alpha value is -2.08. The SMILES string of the molecule is Cc1ccc(Br)c(Nc2ccc([N+](=O)[O-])c(N)c2)c1. The third-order valence-electron chi connectivity index (χ3n) is 2.63. The molecule has 2 rings (SSSR count). The second-order valence-corrected chi connectivity index (χ2v) is 4.99. The lowest BCUT2D eigenvalue weighted by Crippen LogP contribution is -1.98. The summed E-state index contributed by atoms with van der Waals surface area (Å²) in [6.45, 7) is 1.99. The molecule has 3 N–H and O–H groups in total. The first-order valence-corrected chi connectivity index (χ1v) is 6.34. The van der Waals surface area contributed by atoms with Gasteiger partial charge in [0.05, 0.1) is 10.6 Å². The van der Waals surface area contributed by atoms with Crippen LogP contribution in [0.3, 0.4) is 0 Å². The predicted molar refractivity (Wildman–Crippen MR) is 79.7 cm³/mol. The zero-order chi connectivity index (χ0) is 14.0. The summed E-state index contributed by atoms with van der Waals surface area (Å²) in [6.07, 6.45) is 0. The number of hydrogen-bond donors (Lipinski definition) is 2. The van der Waals surface area contributed by atoms with Crippen LogP contribution in [0.25, 0.3) is 0 Å². The van der Waals surface area contributed by atoms with Crippen LogP contribution in [0.5, 0.6) is 0 Å². The number of nitrogen functional groups attached to an aromatic ring is 1. The number of anilines is 3. The molecule has 0 aliphatic carbocycles. The van der Waals surface area contributed by atoms with Crippen LogP contribution in [0.4, 0.5) is 22.7 Å². The fourth-order valence-corrected chi connectivity index (χ4v) is 2.03. The van der Waals surface area contributed by atoms with Crippen LogP contribution >= 0.6 is 15.9 Å². The van der Waals surface area contributed by atoms with Gasteiger partial charge < -0.3 is 11.1 Å². The Morgan fingerprint density at radius 3 is 2.63 bits per heavy atom. The summed E-state index contributed by atoms with van der Waals surface area (Å²) < 4.78 is 0.912. The van der Waals surface area contributed by atoms with Gasteiger partial charge in [-0.05, 0) is 52.7 Å². The summed E-state index contributed by atoms with van der Waals surface area (Å²) in [5.74, 6) is 0. The molecule has 0 radical (unpaired) electrons. The quantitative estimate of drug-likeness (QED) is 0.508. The normalized spacial score (nSPS) is 10.2. The molecular formula is C13H12BrN3O2. The minimum absolute atomic E-state index is 0.0890. The molecule has 0 aliphatic rings. The summed E-state index contributed by atoms with van der Waals surface area (Å²) in [6, 6.07) is 10.5. The lowest BCUT2D eigenvalue weighted by atomic mass is 10.2. The van der Waals surface area contributed by atoms with Crippen LogP contribution in [0.1, 0.15) is 5.56 Å². The second-order valence-electron chi connectivity index (χ2n) is 4.14. The second kappa shape index (κ2) is 5.27. The summed E-state index contributed by atoms with van der Waals surface area (Å²) in [5, 5.41) is 13.9. The minimum Gasteiger partial charge on any atom is -0.393 e. The van der Waals surface area contributed by atoms with Crippen LogP contribution in [0, 0.1) is 17.0 Å². The van der Waals surface area contributed by atoms with E-state index in [1.54, 1.807) is 12.1 Å². The molecule has 2 aromatic rings. The Kier molecular flexibility index (Phi) is 3.71. The number of halogens is 1. The minimum atomic E-state index is -0.498. The van der Waals surface area contributed by atoms with Gasteiger partial charge in [-0.25, -0.2) is 0 Å². The maximum atomic E-state index is 10.7. The van der Waals surface area contributed by atoms with Crippen molar-refractivity contribution in [3.63, 3.8) is 0 Å². The lowest BCUT2D eigenvalue weighted by Gasteiger charge is -2.10. The fraction of sp³-hybridized carbons (Fsp3) is 0.0769. The Morgan fingerprint density at radius 1 is 1.26 bits per heavy atom. The van der Waals surface area contributed by atoms with Gasteiger partial charge in [0.2, 0.25) is 0 Å². The Balaban J connectivity index is 2.31. The summed E-state index contributed by atoms with van der Waals surface area (Å²) in [5.41, 5.74) is 8.40. The van der Waals surface area contributed by atoms with E-state index in [9.17, 15) is 10.1 Å². The van der Waals surface area contributed by atoms with Gasteiger partial charge in [-0.15, -0.1) is 0 Å². The molecule has 19 heavy (non-hydrogen) atoms. The number of benzene rings is 2. The van der Waals surface area contributed by atoms with Gasteiger partial charge in [0.25, 0.3) is 5.69 Å². The number of rotatable bonds is 3. The Labute approximate surface area is 118 Å². The molecule has 0 heterocycles. The average Bonchev–Trinajstić information content (AvgIpc) is 2.33. The standard InChI is InChI=1S/C13H12BrN3O2/c1-8-2-4-10(14)12(6-8)16-9-3-5-13(17(18)19)11(15)7-9/h2-7,16H,15H2,1H3. The van der Waals surface area contributed by atoms with Crippen molar-refractivity contribution in [3.8, 4) is 0 Å². The van der Waals surface area contributed by atoms with E-state index >= 15 is 0 Å². The molecule has 0 amide bonds. The molecule has 0 aliphatic heterocycles. The molecule has 0 saturated carbocycles.